The monoisotopic (exact) mass is 363 g/mol. The Hall–Kier alpha value is -3.99. The van der Waals surface area contributed by atoms with Crippen molar-refractivity contribution in [2.24, 2.45) is 0 Å². The Balaban J connectivity index is 2.13. The molecule has 1 aromatic carbocycles. The summed E-state index contributed by atoms with van der Waals surface area (Å²) in [5, 5.41) is 19.9. The number of ketones is 1. The number of aromatic nitrogens is 1. The van der Waals surface area contributed by atoms with Crippen molar-refractivity contribution in [3.8, 4) is 6.07 Å². The third-order valence-electron chi connectivity index (χ3n) is 3.97. The van der Waals surface area contributed by atoms with Gasteiger partial charge in [0.25, 0.3) is 5.69 Å². The van der Waals surface area contributed by atoms with Crippen molar-refractivity contribution in [1.82, 2.24) is 4.40 Å². The molecule has 3 rings (SSSR count). The number of pyridine rings is 1. The van der Waals surface area contributed by atoms with Crippen molar-refractivity contribution in [1.29, 1.82) is 5.26 Å². The molecule has 134 valence electrons. The van der Waals surface area contributed by atoms with E-state index < -0.39 is 16.7 Å². The fourth-order valence-electron chi connectivity index (χ4n) is 2.70. The molecule has 0 spiro atoms. The van der Waals surface area contributed by atoms with E-state index in [2.05, 4.69) is 0 Å². The number of hydrogen-bond acceptors (Lipinski definition) is 6. The molecule has 0 aliphatic carbocycles. The van der Waals surface area contributed by atoms with Gasteiger partial charge in [0.05, 0.1) is 39.9 Å². The van der Waals surface area contributed by atoms with E-state index >= 15 is 0 Å². The average Bonchev–Trinajstić information content (AvgIpc) is 3.06. The maximum Gasteiger partial charge on any atom is 0.340 e. The number of fused-ring (bicyclic) bond motifs is 1. The van der Waals surface area contributed by atoms with Gasteiger partial charge in [0, 0.05) is 23.9 Å². The van der Waals surface area contributed by atoms with Crippen LogP contribution in [0.15, 0.2) is 48.7 Å². The van der Waals surface area contributed by atoms with Crippen molar-refractivity contribution < 1.29 is 19.2 Å². The highest BCUT2D eigenvalue weighted by Crippen LogP contribution is 2.23. The summed E-state index contributed by atoms with van der Waals surface area (Å²) in [6, 6.07) is 11.6. The number of benzene rings is 1. The van der Waals surface area contributed by atoms with Crippen LogP contribution in [0, 0.1) is 21.4 Å². The molecule has 0 N–H and O–H groups in total. The quantitative estimate of drug-likeness (QED) is 0.298. The van der Waals surface area contributed by atoms with Crippen LogP contribution in [0.1, 0.15) is 38.9 Å². The highest BCUT2D eigenvalue weighted by atomic mass is 16.6. The van der Waals surface area contributed by atoms with Gasteiger partial charge in [-0.2, -0.15) is 5.26 Å². The summed E-state index contributed by atoms with van der Waals surface area (Å²) in [7, 11) is 0. The lowest BCUT2D eigenvalue weighted by Crippen LogP contribution is -2.05. The number of nitro groups is 1. The number of hydrogen-bond donors (Lipinski definition) is 0. The lowest BCUT2D eigenvalue weighted by Gasteiger charge is -2.03. The summed E-state index contributed by atoms with van der Waals surface area (Å²) >= 11 is 0. The van der Waals surface area contributed by atoms with Crippen LogP contribution in [-0.2, 0) is 4.74 Å². The number of rotatable bonds is 5. The molecule has 27 heavy (non-hydrogen) atoms. The maximum atomic E-state index is 12.9. The van der Waals surface area contributed by atoms with E-state index in [0.29, 0.717) is 11.1 Å². The molecule has 0 bridgehead atoms. The van der Waals surface area contributed by atoms with Gasteiger partial charge in [-0.15, -0.1) is 0 Å². The predicted octanol–water partition coefficient (Wildman–Crippen LogP) is 3.13. The molecule has 0 unspecified atom stereocenters. The van der Waals surface area contributed by atoms with E-state index in [1.165, 1.54) is 53.1 Å². The molecule has 0 fully saturated rings. The molecule has 0 aliphatic rings. The van der Waals surface area contributed by atoms with Gasteiger partial charge in [0.15, 0.2) is 0 Å². The Morgan fingerprint density at radius 3 is 2.52 bits per heavy atom. The summed E-state index contributed by atoms with van der Waals surface area (Å²) in [6.07, 6.45) is 1.52. The van der Waals surface area contributed by atoms with E-state index in [9.17, 15) is 19.7 Å². The van der Waals surface area contributed by atoms with E-state index in [0.717, 1.165) is 0 Å². The number of carbonyl (C=O) groups is 2. The third-order valence-corrected chi connectivity index (χ3v) is 3.97. The van der Waals surface area contributed by atoms with Crippen molar-refractivity contribution >= 4 is 23.0 Å². The Morgan fingerprint density at radius 2 is 1.93 bits per heavy atom. The second kappa shape index (κ2) is 7.09. The number of nitriles is 1. The van der Waals surface area contributed by atoms with Gasteiger partial charge in [0.1, 0.15) is 0 Å². The zero-order chi connectivity index (χ0) is 19.6. The number of esters is 1. The molecule has 2 aromatic heterocycles. The van der Waals surface area contributed by atoms with Crippen LogP contribution < -0.4 is 0 Å². The summed E-state index contributed by atoms with van der Waals surface area (Å²) in [5.74, 6) is -1.02. The Labute approximate surface area is 153 Å². The number of nitrogens with zero attached hydrogens (tertiary/aromatic N) is 3. The summed E-state index contributed by atoms with van der Waals surface area (Å²) in [4.78, 5) is 35.3. The Bertz CT molecular complexity index is 1110. The van der Waals surface area contributed by atoms with Gasteiger partial charge < -0.3 is 9.14 Å². The number of non-ortho nitro benzene ring substituents is 1. The molecule has 3 aromatic rings. The van der Waals surface area contributed by atoms with Crippen LogP contribution >= 0.6 is 0 Å². The zero-order valence-electron chi connectivity index (χ0n) is 14.2. The lowest BCUT2D eigenvalue weighted by atomic mass is 10.1. The standard InChI is InChI=1S/C19H13N3O5/c1-2-27-19(24)15-10-17(21-8-7-12(11-20)9-16(15)21)18(23)13-3-5-14(6-4-13)22(25)26/h3-10H,2H2,1H3. The van der Waals surface area contributed by atoms with E-state index in [1.807, 2.05) is 6.07 Å². The van der Waals surface area contributed by atoms with Gasteiger partial charge in [-0.05, 0) is 37.3 Å². The van der Waals surface area contributed by atoms with E-state index in [4.69, 9.17) is 10.00 Å². The minimum Gasteiger partial charge on any atom is -0.462 e. The number of ether oxygens (including phenoxy) is 1. The molecule has 0 amide bonds. The summed E-state index contributed by atoms with van der Waals surface area (Å²) in [6.45, 7) is 1.83. The van der Waals surface area contributed by atoms with E-state index in [-0.39, 0.29) is 29.1 Å². The molecule has 0 atom stereocenters. The van der Waals surface area contributed by atoms with Crippen LogP contribution in [0.5, 0.6) is 0 Å². The molecule has 0 radical (unpaired) electrons. The maximum absolute atomic E-state index is 12.9. The largest absolute Gasteiger partial charge is 0.462 e. The Kier molecular flexibility index (Phi) is 4.68. The summed E-state index contributed by atoms with van der Waals surface area (Å²) in [5.41, 5.74) is 1.17. The number of carbonyl (C=O) groups excluding carboxylic acids is 2. The van der Waals surface area contributed by atoms with Gasteiger partial charge in [-0.3, -0.25) is 14.9 Å². The minimum atomic E-state index is -0.604. The smallest absolute Gasteiger partial charge is 0.340 e. The highest BCUT2D eigenvalue weighted by molar-refractivity contribution is 6.11. The van der Waals surface area contributed by atoms with Gasteiger partial charge in [-0.25, -0.2) is 4.79 Å². The second-order valence-corrected chi connectivity index (χ2v) is 5.58. The third kappa shape index (κ3) is 3.26. The SMILES string of the molecule is CCOC(=O)c1cc(C(=O)c2ccc([N+](=O)[O-])cc2)n2ccc(C#N)cc12. The molecule has 8 nitrogen and oxygen atoms in total. The summed E-state index contributed by atoms with van der Waals surface area (Å²) < 4.78 is 6.53. The topological polar surface area (TPSA) is 115 Å². The molecular formula is C19H13N3O5. The van der Waals surface area contributed by atoms with Crippen molar-refractivity contribution in [3.05, 3.63) is 81.2 Å². The normalized spacial score (nSPS) is 10.4. The van der Waals surface area contributed by atoms with Gasteiger partial charge in [0.2, 0.25) is 5.78 Å². The van der Waals surface area contributed by atoms with Crippen LogP contribution in [0.25, 0.3) is 5.52 Å². The molecular weight excluding hydrogens is 350 g/mol. The van der Waals surface area contributed by atoms with Gasteiger partial charge >= 0.3 is 5.97 Å². The fourth-order valence-corrected chi connectivity index (χ4v) is 2.70. The fraction of sp³-hybridized carbons (Fsp3) is 0.105. The lowest BCUT2D eigenvalue weighted by molar-refractivity contribution is -0.384. The predicted molar refractivity (Wildman–Crippen MR) is 94.6 cm³/mol. The Morgan fingerprint density at radius 1 is 1.22 bits per heavy atom. The second-order valence-electron chi connectivity index (χ2n) is 5.58. The molecule has 0 aliphatic heterocycles. The average molecular weight is 363 g/mol. The number of nitro benzene ring substituents is 1. The molecule has 8 heteroatoms. The zero-order valence-corrected chi connectivity index (χ0v) is 14.2. The first-order valence-corrected chi connectivity index (χ1v) is 7.97. The van der Waals surface area contributed by atoms with Crippen molar-refractivity contribution in [2.45, 2.75) is 6.92 Å². The van der Waals surface area contributed by atoms with Gasteiger partial charge in [-0.1, -0.05) is 0 Å². The van der Waals surface area contributed by atoms with Crippen LogP contribution in [0.2, 0.25) is 0 Å². The van der Waals surface area contributed by atoms with Crippen LogP contribution in [-0.4, -0.2) is 27.7 Å². The highest BCUT2D eigenvalue weighted by Gasteiger charge is 2.22. The van der Waals surface area contributed by atoms with Crippen molar-refractivity contribution in [3.63, 3.8) is 0 Å². The minimum absolute atomic E-state index is 0.127. The molecule has 2 heterocycles. The van der Waals surface area contributed by atoms with Crippen molar-refractivity contribution in [2.75, 3.05) is 6.61 Å². The first-order valence-electron chi connectivity index (χ1n) is 7.97. The first kappa shape index (κ1) is 17.8. The molecule has 0 saturated heterocycles. The van der Waals surface area contributed by atoms with Crippen LogP contribution in [0.3, 0.4) is 0 Å². The van der Waals surface area contributed by atoms with Crippen LogP contribution in [0.4, 0.5) is 5.69 Å². The first-order chi connectivity index (χ1) is 13.0. The van der Waals surface area contributed by atoms with E-state index in [1.54, 1.807) is 6.92 Å². The molecule has 0 saturated carbocycles.